The van der Waals surface area contributed by atoms with E-state index in [9.17, 15) is 4.79 Å². The number of aliphatic hydroxyl groups excluding tert-OH is 1. The number of rotatable bonds is 4. The highest BCUT2D eigenvalue weighted by atomic mass is 79.9. The summed E-state index contributed by atoms with van der Waals surface area (Å²) in [7, 11) is 1.25. The number of halogens is 1. The van der Waals surface area contributed by atoms with Crippen LogP contribution in [-0.2, 0) is 9.53 Å². The van der Waals surface area contributed by atoms with E-state index in [0.717, 1.165) is 4.47 Å². The molecule has 1 unspecified atom stereocenters. The summed E-state index contributed by atoms with van der Waals surface area (Å²) in [4.78, 5) is 11.1. The van der Waals surface area contributed by atoms with E-state index in [0.29, 0.717) is 5.75 Å². The Labute approximate surface area is 95.9 Å². The highest BCUT2D eigenvalue weighted by Gasteiger charge is 2.19. The Morgan fingerprint density at radius 2 is 2.07 bits per heavy atom. The molecule has 1 atom stereocenters. The molecule has 1 aromatic carbocycles. The van der Waals surface area contributed by atoms with Gasteiger partial charge in [0.2, 0.25) is 6.10 Å². The van der Waals surface area contributed by atoms with Crippen LogP contribution in [0.3, 0.4) is 0 Å². The molecule has 1 rings (SSSR count). The van der Waals surface area contributed by atoms with E-state index in [-0.39, 0.29) is 0 Å². The van der Waals surface area contributed by atoms with Crippen LogP contribution < -0.4 is 4.74 Å². The topological polar surface area (TPSA) is 55.8 Å². The van der Waals surface area contributed by atoms with Crippen molar-refractivity contribution >= 4 is 21.9 Å². The van der Waals surface area contributed by atoms with Crippen molar-refractivity contribution in [3.8, 4) is 5.75 Å². The Balaban J connectivity index is 2.66. The lowest BCUT2D eigenvalue weighted by molar-refractivity contribution is -0.150. The molecule has 0 radical (unpaired) electrons. The summed E-state index contributed by atoms with van der Waals surface area (Å²) in [6.45, 7) is -0.414. The van der Waals surface area contributed by atoms with Crippen LogP contribution in [0.4, 0.5) is 0 Å². The van der Waals surface area contributed by atoms with Crippen LogP contribution >= 0.6 is 15.9 Å². The molecule has 82 valence electrons. The van der Waals surface area contributed by atoms with Gasteiger partial charge in [-0.3, -0.25) is 0 Å². The number of aliphatic hydroxyl groups is 1. The first-order chi connectivity index (χ1) is 7.17. The van der Waals surface area contributed by atoms with Crippen molar-refractivity contribution in [1.82, 2.24) is 0 Å². The summed E-state index contributed by atoms with van der Waals surface area (Å²) in [5.74, 6) is -0.0944. The summed E-state index contributed by atoms with van der Waals surface area (Å²) in [5.41, 5.74) is 0. The van der Waals surface area contributed by atoms with Crippen LogP contribution in [0.2, 0.25) is 0 Å². The average Bonchev–Trinajstić information content (AvgIpc) is 2.27. The van der Waals surface area contributed by atoms with E-state index >= 15 is 0 Å². The summed E-state index contributed by atoms with van der Waals surface area (Å²) in [5, 5.41) is 8.91. The zero-order valence-corrected chi connectivity index (χ0v) is 9.73. The third kappa shape index (κ3) is 3.53. The smallest absolute Gasteiger partial charge is 0.349 e. The molecule has 15 heavy (non-hydrogen) atoms. The molecule has 0 fully saturated rings. The molecular weight excluding hydrogens is 264 g/mol. The van der Waals surface area contributed by atoms with Crippen LogP contribution in [0, 0.1) is 0 Å². The van der Waals surface area contributed by atoms with Crippen molar-refractivity contribution in [2.75, 3.05) is 13.7 Å². The maximum atomic E-state index is 11.1. The molecule has 4 nitrogen and oxygen atoms in total. The normalized spacial score (nSPS) is 11.9. The molecule has 0 aliphatic heterocycles. The number of carbonyl (C=O) groups excluding carboxylic acids is 1. The van der Waals surface area contributed by atoms with E-state index in [1.165, 1.54) is 7.11 Å². The Morgan fingerprint density at radius 3 is 2.53 bits per heavy atom. The minimum Gasteiger partial charge on any atom is -0.476 e. The third-order valence-electron chi connectivity index (χ3n) is 1.72. The van der Waals surface area contributed by atoms with Crippen molar-refractivity contribution < 1.29 is 19.4 Å². The zero-order chi connectivity index (χ0) is 11.3. The largest absolute Gasteiger partial charge is 0.476 e. The Hall–Kier alpha value is -1.07. The molecule has 5 heteroatoms. The van der Waals surface area contributed by atoms with Crippen molar-refractivity contribution in [2.24, 2.45) is 0 Å². The Morgan fingerprint density at radius 1 is 1.47 bits per heavy atom. The lowest BCUT2D eigenvalue weighted by Gasteiger charge is -2.14. The lowest BCUT2D eigenvalue weighted by atomic mass is 10.3. The highest BCUT2D eigenvalue weighted by Crippen LogP contribution is 2.17. The SMILES string of the molecule is COC(=O)C(CO)Oc1ccc(Br)cc1. The minimum atomic E-state index is -0.976. The van der Waals surface area contributed by atoms with Crippen LogP contribution in [-0.4, -0.2) is 30.9 Å². The van der Waals surface area contributed by atoms with E-state index in [4.69, 9.17) is 9.84 Å². The van der Waals surface area contributed by atoms with Crippen molar-refractivity contribution in [3.63, 3.8) is 0 Å². The van der Waals surface area contributed by atoms with Crippen molar-refractivity contribution in [1.29, 1.82) is 0 Å². The maximum absolute atomic E-state index is 11.1. The van der Waals surface area contributed by atoms with Crippen molar-refractivity contribution in [3.05, 3.63) is 28.7 Å². The molecule has 0 aromatic heterocycles. The number of ether oxygens (including phenoxy) is 2. The monoisotopic (exact) mass is 274 g/mol. The predicted octanol–water partition coefficient (Wildman–Crippen LogP) is 1.36. The molecule has 0 aliphatic carbocycles. The van der Waals surface area contributed by atoms with Crippen molar-refractivity contribution in [2.45, 2.75) is 6.10 Å². The van der Waals surface area contributed by atoms with Gasteiger partial charge in [-0.05, 0) is 24.3 Å². The molecule has 0 saturated heterocycles. The van der Waals surface area contributed by atoms with E-state index in [1.807, 2.05) is 0 Å². The molecule has 0 saturated carbocycles. The summed E-state index contributed by atoms with van der Waals surface area (Å²) in [6, 6.07) is 6.94. The standard InChI is InChI=1S/C10H11BrO4/c1-14-10(13)9(6-12)15-8-4-2-7(11)3-5-8/h2-5,9,12H,6H2,1H3. The van der Waals surface area contributed by atoms with E-state index in [2.05, 4.69) is 20.7 Å². The lowest BCUT2D eigenvalue weighted by Crippen LogP contribution is -2.32. The maximum Gasteiger partial charge on any atom is 0.349 e. The third-order valence-corrected chi connectivity index (χ3v) is 2.25. The minimum absolute atomic E-state index is 0.414. The highest BCUT2D eigenvalue weighted by molar-refractivity contribution is 9.10. The number of carbonyl (C=O) groups is 1. The molecule has 0 bridgehead atoms. The molecule has 0 spiro atoms. The fourth-order valence-corrected chi connectivity index (χ4v) is 1.23. The number of esters is 1. The van der Waals surface area contributed by atoms with Crippen LogP contribution in [0.15, 0.2) is 28.7 Å². The van der Waals surface area contributed by atoms with Gasteiger partial charge in [0.1, 0.15) is 5.75 Å². The van der Waals surface area contributed by atoms with Gasteiger partial charge in [0.05, 0.1) is 13.7 Å². The van der Waals surface area contributed by atoms with E-state index < -0.39 is 18.7 Å². The molecule has 0 amide bonds. The van der Waals surface area contributed by atoms with Gasteiger partial charge in [0.25, 0.3) is 0 Å². The number of hydrogen-bond donors (Lipinski definition) is 1. The van der Waals surface area contributed by atoms with Gasteiger partial charge in [0, 0.05) is 4.47 Å². The number of hydrogen-bond acceptors (Lipinski definition) is 4. The first-order valence-electron chi connectivity index (χ1n) is 4.28. The molecule has 1 aromatic rings. The predicted molar refractivity (Wildman–Crippen MR) is 57.7 cm³/mol. The molecule has 0 heterocycles. The Kier molecular flexibility index (Phi) is 4.58. The zero-order valence-electron chi connectivity index (χ0n) is 8.14. The van der Waals surface area contributed by atoms with Crippen LogP contribution in [0.5, 0.6) is 5.75 Å². The second-order valence-electron chi connectivity index (χ2n) is 2.77. The quantitative estimate of drug-likeness (QED) is 0.843. The first kappa shape index (κ1) is 12.0. The fraction of sp³-hybridized carbons (Fsp3) is 0.300. The second-order valence-corrected chi connectivity index (χ2v) is 3.68. The summed E-state index contributed by atoms with van der Waals surface area (Å²) >= 11 is 3.27. The van der Waals surface area contributed by atoms with Gasteiger partial charge in [-0.25, -0.2) is 4.79 Å². The van der Waals surface area contributed by atoms with Gasteiger partial charge >= 0.3 is 5.97 Å². The number of benzene rings is 1. The summed E-state index contributed by atoms with van der Waals surface area (Å²) in [6.07, 6.45) is -0.976. The van der Waals surface area contributed by atoms with Gasteiger partial charge in [0.15, 0.2) is 0 Å². The summed E-state index contributed by atoms with van der Waals surface area (Å²) < 4.78 is 10.6. The van der Waals surface area contributed by atoms with Crippen LogP contribution in [0.25, 0.3) is 0 Å². The van der Waals surface area contributed by atoms with Gasteiger partial charge in [-0.2, -0.15) is 0 Å². The molecular formula is C10H11BrO4. The van der Waals surface area contributed by atoms with Gasteiger partial charge in [-0.1, -0.05) is 15.9 Å². The second kappa shape index (κ2) is 5.72. The number of methoxy groups -OCH3 is 1. The Bertz CT molecular complexity index is 323. The van der Waals surface area contributed by atoms with Gasteiger partial charge in [-0.15, -0.1) is 0 Å². The van der Waals surface area contributed by atoms with Crippen LogP contribution in [0.1, 0.15) is 0 Å². The molecule has 1 N–H and O–H groups in total. The van der Waals surface area contributed by atoms with Gasteiger partial charge < -0.3 is 14.6 Å². The fourth-order valence-electron chi connectivity index (χ4n) is 0.969. The first-order valence-corrected chi connectivity index (χ1v) is 5.07. The van der Waals surface area contributed by atoms with E-state index in [1.54, 1.807) is 24.3 Å². The average molecular weight is 275 g/mol. The molecule has 0 aliphatic rings.